The van der Waals surface area contributed by atoms with E-state index in [1.54, 1.807) is 54.6 Å². The first kappa shape index (κ1) is 20.0. The van der Waals surface area contributed by atoms with Gasteiger partial charge in [0.2, 0.25) is 5.09 Å². The molecule has 0 spiro atoms. The predicted molar refractivity (Wildman–Crippen MR) is 115 cm³/mol. The second-order valence-corrected chi connectivity index (χ2v) is 10.3. The van der Waals surface area contributed by atoms with Crippen LogP contribution in [0.2, 0.25) is 0 Å². The third kappa shape index (κ3) is 4.03. The summed E-state index contributed by atoms with van der Waals surface area (Å²) in [6, 6.07) is 20.8. The highest BCUT2D eigenvalue weighted by molar-refractivity contribution is 7.93. The summed E-state index contributed by atoms with van der Waals surface area (Å²) in [7, 11) is -8.04. The number of hydrogen-bond acceptors (Lipinski definition) is 6. The van der Waals surface area contributed by atoms with Crippen LogP contribution in [-0.2, 0) is 25.6 Å². The van der Waals surface area contributed by atoms with Crippen molar-refractivity contribution >= 4 is 42.2 Å². The highest BCUT2D eigenvalue weighted by Gasteiger charge is 2.25. The van der Waals surface area contributed by atoms with Crippen LogP contribution >= 0.6 is 0 Å². The fourth-order valence-corrected chi connectivity index (χ4v) is 5.67. The van der Waals surface area contributed by atoms with Crippen LogP contribution in [0.4, 0.5) is 11.4 Å². The van der Waals surface area contributed by atoms with Crippen LogP contribution in [0.25, 0.3) is 11.0 Å². The van der Waals surface area contributed by atoms with Crippen molar-refractivity contribution in [3.63, 3.8) is 0 Å². The number of nitrogen functional groups attached to an aromatic ring is 1. The Morgan fingerprint density at radius 2 is 1.53 bits per heavy atom. The van der Waals surface area contributed by atoms with E-state index >= 15 is 0 Å². The summed E-state index contributed by atoms with van der Waals surface area (Å²) in [6.07, 6.45) is 0. The molecule has 0 aliphatic heterocycles. The Bertz CT molecular complexity index is 1390. The van der Waals surface area contributed by atoms with E-state index in [2.05, 4.69) is 4.72 Å². The molecular weight excluding hydrogens is 424 g/mol. The van der Waals surface area contributed by atoms with Gasteiger partial charge in [0.1, 0.15) is 5.58 Å². The first-order valence-corrected chi connectivity index (χ1v) is 12.1. The van der Waals surface area contributed by atoms with E-state index in [1.165, 1.54) is 24.3 Å². The summed E-state index contributed by atoms with van der Waals surface area (Å²) in [6.45, 7) is 0. The Labute approximate surface area is 174 Å². The molecule has 1 aromatic heterocycles. The summed E-state index contributed by atoms with van der Waals surface area (Å²) in [5, 5.41) is 0.292. The summed E-state index contributed by atoms with van der Waals surface area (Å²) < 4.78 is 59.5. The minimum absolute atomic E-state index is 0.133. The second kappa shape index (κ2) is 7.51. The number of hydrogen-bond donors (Lipinski definition) is 2. The number of fused-ring (bicyclic) bond motifs is 1. The quantitative estimate of drug-likeness (QED) is 0.439. The molecule has 0 saturated carbocycles. The summed E-state index contributed by atoms with van der Waals surface area (Å²) >= 11 is 0. The zero-order valence-electron chi connectivity index (χ0n) is 15.6. The Kier molecular flexibility index (Phi) is 5.00. The number of nitrogens with one attached hydrogen (secondary N) is 1. The predicted octanol–water partition coefficient (Wildman–Crippen LogP) is 3.79. The Morgan fingerprint density at radius 3 is 2.27 bits per heavy atom. The van der Waals surface area contributed by atoms with E-state index in [0.717, 1.165) is 0 Å². The summed E-state index contributed by atoms with van der Waals surface area (Å²) in [4.78, 5) is -0.166. The third-order valence-corrected chi connectivity index (χ3v) is 7.41. The zero-order chi connectivity index (χ0) is 21.4. The van der Waals surface area contributed by atoms with E-state index in [9.17, 15) is 16.8 Å². The first-order valence-electron chi connectivity index (χ1n) is 8.92. The summed E-state index contributed by atoms with van der Waals surface area (Å²) in [5.74, 6) is -0.281. The normalized spacial score (nSPS) is 12.1. The van der Waals surface area contributed by atoms with Crippen LogP contribution in [0, 0.1) is 0 Å². The molecule has 0 unspecified atom stereocenters. The van der Waals surface area contributed by atoms with Gasteiger partial charge in [-0.05, 0) is 29.8 Å². The third-order valence-electron chi connectivity index (χ3n) is 4.45. The number of benzene rings is 3. The van der Waals surface area contributed by atoms with E-state index < -0.39 is 19.9 Å². The van der Waals surface area contributed by atoms with Crippen molar-refractivity contribution in [2.75, 3.05) is 10.5 Å². The minimum atomic E-state index is -4.18. The fraction of sp³-hybridized carbons (Fsp3) is 0.0476. The number of sulfone groups is 1. The van der Waals surface area contributed by atoms with Crippen molar-refractivity contribution in [3.05, 3.63) is 84.4 Å². The Balaban J connectivity index is 1.73. The van der Waals surface area contributed by atoms with Gasteiger partial charge in [0.05, 0.1) is 16.3 Å². The smallest absolute Gasteiger partial charge is 0.295 e. The zero-order valence-corrected chi connectivity index (χ0v) is 17.3. The molecule has 0 saturated heterocycles. The maximum Gasteiger partial charge on any atom is 0.295 e. The van der Waals surface area contributed by atoms with Crippen molar-refractivity contribution in [2.45, 2.75) is 15.7 Å². The molecule has 4 rings (SSSR count). The molecule has 0 atom stereocenters. The highest BCUT2D eigenvalue weighted by Crippen LogP contribution is 2.30. The number of rotatable bonds is 6. The first-order chi connectivity index (χ1) is 14.2. The lowest BCUT2D eigenvalue weighted by Crippen LogP contribution is -2.16. The highest BCUT2D eigenvalue weighted by atomic mass is 32.2. The average Bonchev–Trinajstić information content (AvgIpc) is 3.13. The molecule has 1 heterocycles. The maximum atomic E-state index is 13.0. The SMILES string of the molecule is Nc1ccc(S(=O)(=O)Cc2ccccc2)c(NS(=O)(=O)c2cc3ccccc3o2)c1. The summed E-state index contributed by atoms with van der Waals surface area (Å²) in [5.41, 5.74) is 6.86. The van der Waals surface area contributed by atoms with Crippen LogP contribution < -0.4 is 10.5 Å². The lowest BCUT2D eigenvalue weighted by Gasteiger charge is -2.13. The topological polar surface area (TPSA) is 119 Å². The molecule has 0 amide bonds. The van der Waals surface area contributed by atoms with Gasteiger partial charge in [-0.1, -0.05) is 48.5 Å². The second-order valence-electron chi connectivity index (χ2n) is 6.71. The van der Waals surface area contributed by atoms with Gasteiger partial charge in [0, 0.05) is 17.1 Å². The number of sulfonamides is 1. The molecule has 30 heavy (non-hydrogen) atoms. The van der Waals surface area contributed by atoms with E-state index in [-0.39, 0.29) is 27.1 Å². The van der Waals surface area contributed by atoms with Gasteiger partial charge in [-0.25, -0.2) is 8.42 Å². The average molecular weight is 443 g/mol. The molecule has 0 aliphatic carbocycles. The molecule has 3 N–H and O–H groups in total. The van der Waals surface area contributed by atoms with Gasteiger partial charge in [0.25, 0.3) is 10.0 Å². The van der Waals surface area contributed by atoms with Crippen LogP contribution in [-0.4, -0.2) is 16.8 Å². The van der Waals surface area contributed by atoms with Crippen molar-refractivity contribution in [1.29, 1.82) is 0 Å². The van der Waals surface area contributed by atoms with Gasteiger partial charge in [-0.2, -0.15) is 8.42 Å². The lowest BCUT2D eigenvalue weighted by molar-refractivity contribution is 0.484. The van der Waals surface area contributed by atoms with Gasteiger partial charge in [-0.15, -0.1) is 0 Å². The van der Waals surface area contributed by atoms with Crippen molar-refractivity contribution in [3.8, 4) is 0 Å². The molecule has 0 bridgehead atoms. The molecule has 3 aromatic carbocycles. The van der Waals surface area contributed by atoms with E-state index in [0.29, 0.717) is 16.5 Å². The van der Waals surface area contributed by atoms with Gasteiger partial charge in [0.15, 0.2) is 9.84 Å². The van der Waals surface area contributed by atoms with E-state index in [4.69, 9.17) is 10.2 Å². The van der Waals surface area contributed by atoms with Gasteiger partial charge < -0.3 is 10.2 Å². The Hall–Kier alpha value is -3.30. The van der Waals surface area contributed by atoms with Crippen LogP contribution in [0.3, 0.4) is 0 Å². The largest absolute Gasteiger partial charge is 0.443 e. The molecule has 0 aliphatic rings. The number of nitrogens with two attached hydrogens (primary N) is 1. The van der Waals surface area contributed by atoms with E-state index in [1.807, 2.05) is 0 Å². The standard InChI is InChI=1S/C21H18N2O5S2/c22-17-10-11-20(29(24,25)14-15-6-2-1-3-7-15)18(13-17)23-30(26,27)21-12-16-8-4-5-9-19(16)28-21/h1-13,23H,14,22H2. The molecule has 9 heteroatoms. The maximum absolute atomic E-state index is 13.0. The number of para-hydroxylation sites is 1. The number of anilines is 2. The Morgan fingerprint density at radius 1 is 0.833 bits per heavy atom. The lowest BCUT2D eigenvalue weighted by atomic mass is 10.2. The molecule has 154 valence electrons. The number of furan rings is 1. The minimum Gasteiger partial charge on any atom is -0.443 e. The molecular formula is C21H18N2O5S2. The molecule has 0 fully saturated rings. The van der Waals surface area contributed by atoms with Crippen LogP contribution in [0.1, 0.15) is 5.56 Å². The van der Waals surface area contributed by atoms with Gasteiger partial charge >= 0.3 is 0 Å². The molecule has 7 nitrogen and oxygen atoms in total. The van der Waals surface area contributed by atoms with Crippen molar-refractivity contribution < 1.29 is 21.3 Å². The molecule has 0 radical (unpaired) electrons. The van der Waals surface area contributed by atoms with Crippen molar-refractivity contribution in [2.24, 2.45) is 0 Å². The monoisotopic (exact) mass is 442 g/mol. The molecule has 4 aromatic rings. The van der Waals surface area contributed by atoms with Crippen LogP contribution in [0.5, 0.6) is 0 Å². The van der Waals surface area contributed by atoms with Crippen molar-refractivity contribution in [1.82, 2.24) is 0 Å². The van der Waals surface area contributed by atoms with Gasteiger partial charge in [-0.3, -0.25) is 4.72 Å². The fourth-order valence-electron chi connectivity index (χ4n) is 3.05. The van der Waals surface area contributed by atoms with Crippen LogP contribution in [0.15, 0.2) is 93.3 Å².